The lowest BCUT2D eigenvalue weighted by Crippen LogP contribution is -2.26. The van der Waals surface area contributed by atoms with Crippen molar-refractivity contribution in [2.45, 2.75) is 24.7 Å². The third-order valence-electron chi connectivity index (χ3n) is 4.72. The van der Waals surface area contributed by atoms with Crippen LogP contribution >= 0.6 is 0 Å². The number of rotatable bonds is 8. The molecule has 162 valence electrons. The van der Waals surface area contributed by atoms with Gasteiger partial charge in [-0.05, 0) is 79.4 Å². The Morgan fingerprint density at radius 2 is 1.68 bits per heavy atom. The molecule has 0 fully saturated rings. The van der Waals surface area contributed by atoms with Crippen molar-refractivity contribution in [3.8, 4) is 5.75 Å². The summed E-state index contributed by atoms with van der Waals surface area (Å²) in [5, 5.41) is 12.1. The number of amides is 1. The van der Waals surface area contributed by atoms with Gasteiger partial charge in [0.05, 0.1) is 4.90 Å². The van der Waals surface area contributed by atoms with Gasteiger partial charge in [-0.3, -0.25) is 9.52 Å². The minimum Gasteiger partial charge on any atom is -0.508 e. The summed E-state index contributed by atoms with van der Waals surface area (Å²) in [7, 11) is -3.94. The lowest BCUT2D eigenvalue weighted by Gasteiger charge is -2.12. The predicted molar refractivity (Wildman–Crippen MR) is 117 cm³/mol. The van der Waals surface area contributed by atoms with Gasteiger partial charge in [-0.25, -0.2) is 12.8 Å². The second kappa shape index (κ2) is 9.61. The van der Waals surface area contributed by atoms with Crippen LogP contribution in [0.5, 0.6) is 5.75 Å². The van der Waals surface area contributed by atoms with E-state index in [-0.39, 0.29) is 27.8 Å². The summed E-state index contributed by atoms with van der Waals surface area (Å²) in [5.74, 6) is -0.624. The molecule has 3 N–H and O–H groups in total. The van der Waals surface area contributed by atoms with Crippen LogP contribution in [0.25, 0.3) is 0 Å². The first kappa shape index (κ1) is 22.3. The number of aromatic hydroxyl groups is 1. The quantitative estimate of drug-likeness (QED) is 0.460. The lowest BCUT2D eigenvalue weighted by atomic mass is 10.1. The van der Waals surface area contributed by atoms with Crippen molar-refractivity contribution in [1.82, 2.24) is 5.32 Å². The van der Waals surface area contributed by atoms with E-state index in [0.717, 1.165) is 24.1 Å². The van der Waals surface area contributed by atoms with Gasteiger partial charge >= 0.3 is 0 Å². The zero-order valence-electron chi connectivity index (χ0n) is 16.9. The first-order chi connectivity index (χ1) is 14.7. The Balaban J connectivity index is 1.64. The molecule has 0 unspecified atom stereocenters. The molecule has 0 aliphatic carbocycles. The van der Waals surface area contributed by atoms with Crippen molar-refractivity contribution in [1.29, 1.82) is 0 Å². The molecule has 0 radical (unpaired) electrons. The summed E-state index contributed by atoms with van der Waals surface area (Å²) >= 11 is 0. The van der Waals surface area contributed by atoms with Crippen LogP contribution < -0.4 is 10.0 Å². The van der Waals surface area contributed by atoms with Crippen molar-refractivity contribution in [2.75, 3.05) is 11.3 Å². The van der Waals surface area contributed by atoms with Crippen LogP contribution in [0.1, 0.15) is 27.9 Å². The van der Waals surface area contributed by atoms with E-state index in [1.807, 2.05) is 12.1 Å². The van der Waals surface area contributed by atoms with Crippen LogP contribution in [-0.2, 0) is 16.4 Å². The number of phenolic OH excluding ortho intramolecular Hbond substituents is 1. The first-order valence-electron chi connectivity index (χ1n) is 9.70. The molecule has 0 spiro atoms. The molecule has 3 rings (SSSR count). The second-order valence-corrected chi connectivity index (χ2v) is 8.80. The highest BCUT2D eigenvalue weighted by molar-refractivity contribution is 7.92. The summed E-state index contributed by atoms with van der Waals surface area (Å²) in [6.07, 6.45) is 1.43. The third kappa shape index (κ3) is 6.05. The number of carbonyl (C=O) groups is 1. The van der Waals surface area contributed by atoms with Gasteiger partial charge in [0.15, 0.2) is 0 Å². The van der Waals surface area contributed by atoms with Gasteiger partial charge in [0.1, 0.15) is 11.6 Å². The Hall–Kier alpha value is -3.39. The summed E-state index contributed by atoms with van der Waals surface area (Å²) in [6.45, 7) is 2.15. The average molecular weight is 443 g/mol. The molecular weight excluding hydrogens is 419 g/mol. The molecule has 0 bridgehead atoms. The Morgan fingerprint density at radius 3 is 2.35 bits per heavy atom. The second-order valence-electron chi connectivity index (χ2n) is 7.12. The minimum atomic E-state index is -3.94. The molecular formula is C23H23FN2O4S. The van der Waals surface area contributed by atoms with E-state index < -0.39 is 15.8 Å². The Kier molecular flexibility index (Phi) is 6.91. The fraction of sp³-hybridized carbons (Fsp3) is 0.174. The van der Waals surface area contributed by atoms with Gasteiger partial charge in [0, 0.05) is 17.8 Å². The van der Waals surface area contributed by atoms with Gasteiger partial charge in [-0.2, -0.15) is 0 Å². The number of hydrogen-bond acceptors (Lipinski definition) is 4. The van der Waals surface area contributed by atoms with Crippen molar-refractivity contribution < 1.29 is 22.7 Å². The molecule has 0 heterocycles. The first-order valence-corrected chi connectivity index (χ1v) is 11.2. The van der Waals surface area contributed by atoms with Crippen LogP contribution in [0.2, 0.25) is 0 Å². The standard InChI is InChI=1S/C23H23FN2O4S/c1-16-4-13-21(31(29,30)26-19-9-7-18(24)8-10-19)15-22(16)23(28)25-14-2-3-17-5-11-20(27)12-6-17/h4-13,15,26-27H,2-3,14H2,1H3,(H,25,28). The molecule has 0 saturated heterocycles. The largest absolute Gasteiger partial charge is 0.508 e. The van der Waals surface area contributed by atoms with Crippen molar-refractivity contribution in [2.24, 2.45) is 0 Å². The van der Waals surface area contributed by atoms with E-state index in [9.17, 15) is 22.7 Å². The SMILES string of the molecule is Cc1ccc(S(=O)(=O)Nc2ccc(F)cc2)cc1C(=O)NCCCc1ccc(O)cc1. The number of anilines is 1. The average Bonchev–Trinajstić information content (AvgIpc) is 2.74. The predicted octanol–water partition coefficient (Wildman–Crippen LogP) is 4.00. The van der Waals surface area contributed by atoms with Crippen LogP contribution in [0.3, 0.4) is 0 Å². The van der Waals surface area contributed by atoms with Gasteiger partial charge in [-0.15, -0.1) is 0 Å². The fourth-order valence-corrected chi connectivity index (χ4v) is 4.08. The molecule has 0 atom stereocenters. The molecule has 0 aliphatic heterocycles. The molecule has 6 nitrogen and oxygen atoms in total. The Morgan fingerprint density at radius 1 is 1.00 bits per heavy atom. The van der Waals surface area contributed by atoms with Gasteiger partial charge in [0.25, 0.3) is 15.9 Å². The van der Waals surface area contributed by atoms with Crippen LogP contribution in [-0.4, -0.2) is 26.0 Å². The number of nitrogens with one attached hydrogen (secondary N) is 2. The lowest BCUT2D eigenvalue weighted by molar-refractivity contribution is 0.0952. The molecule has 0 saturated carbocycles. The van der Waals surface area contributed by atoms with Crippen LogP contribution in [0.15, 0.2) is 71.6 Å². The fourth-order valence-electron chi connectivity index (χ4n) is 3.00. The summed E-state index contributed by atoms with van der Waals surface area (Å²) < 4.78 is 40.7. The van der Waals surface area contributed by atoms with Gasteiger partial charge in [0.2, 0.25) is 0 Å². The number of sulfonamides is 1. The summed E-state index contributed by atoms with van der Waals surface area (Å²) in [6, 6.07) is 16.2. The Bertz CT molecular complexity index is 1160. The minimum absolute atomic E-state index is 0.0586. The topological polar surface area (TPSA) is 95.5 Å². The molecule has 3 aromatic carbocycles. The molecule has 0 aliphatic rings. The number of phenols is 1. The molecule has 0 aromatic heterocycles. The zero-order valence-corrected chi connectivity index (χ0v) is 17.7. The maximum atomic E-state index is 13.0. The van der Waals surface area contributed by atoms with Crippen molar-refractivity contribution in [3.05, 3.63) is 89.2 Å². The third-order valence-corrected chi connectivity index (χ3v) is 6.10. The number of hydrogen-bond donors (Lipinski definition) is 3. The number of benzene rings is 3. The summed E-state index contributed by atoms with van der Waals surface area (Å²) in [5.41, 5.74) is 2.19. The van der Waals surface area contributed by atoms with E-state index >= 15 is 0 Å². The van der Waals surface area contributed by atoms with E-state index in [4.69, 9.17) is 0 Å². The van der Waals surface area contributed by atoms with E-state index in [1.54, 1.807) is 25.1 Å². The van der Waals surface area contributed by atoms with Crippen LogP contribution in [0.4, 0.5) is 10.1 Å². The van der Waals surface area contributed by atoms with E-state index in [0.29, 0.717) is 18.5 Å². The normalized spacial score (nSPS) is 11.2. The number of halogens is 1. The highest BCUT2D eigenvalue weighted by Gasteiger charge is 2.18. The van der Waals surface area contributed by atoms with Gasteiger partial charge in [-0.1, -0.05) is 18.2 Å². The maximum absolute atomic E-state index is 13.0. The molecule has 1 amide bonds. The van der Waals surface area contributed by atoms with Crippen molar-refractivity contribution >= 4 is 21.6 Å². The summed E-state index contributed by atoms with van der Waals surface area (Å²) in [4.78, 5) is 12.5. The highest BCUT2D eigenvalue weighted by Crippen LogP contribution is 2.20. The smallest absolute Gasteiger partial charge is 0.261 e. The molecule has 8 heteroatoms. The zero-order chi connectivity index (χ0) is 22.4. The molecule has 31 heavy (non-hydrogen) atoms. The van der Waals surface area contributed by atoms with E-state index in [1.165, 1.54) is 24.3 Å². The van der Waals surface area contributed by atoms with Gasteiger partial charge < -0.3 is 10.4 Å². The Labute approximate surface area is 180 Å². The van der Waals surface area contributed by atoms with E-state index in [2.05, 4.69) is 10.0 Å². The number of carbonyl (C=O) groups excluding carboxylic acids is 1. The molecule has 3 aromatic rings. The van der Waals surface area contributed by atoms with Crippen LogP contribution in [0, 0.1) is 12.7 Å². The number of aryl methyl sites for hydroxylation is 2. The van der Waals surface area contributed by atoms with Crippen molar-refractivity contribution in [3.63, 3.8) is 0 Å². The maximum Gasteiger partial charge on any atom is 0.261 e. The highest BCUT2D eigenvalue weighted by atomic mass is 32.2. The monoisotopic (exact) mass is 442 g/mol.